The Bertz CT molecular complexity index is 569. The van der Waals surface area contributed by atoms with Crippen LogP contribution in [0.4, 0.5) is 10.2 Å². The molecular formula is C10H8ClFN4O. The van der Waals surface area contributed by atoms with Crippen molar-refractivity contribution in [3.05, 3.63) is 40.6 Å². The van der Waals surface area contributed by atoms with Crippen molar-refractivity contribution in [1.29, 1.82) is 0 Å². The lowest BCUT2D eigenvalue weighted by atomic mass is 10.2. The summed E-state index contributed by atoms with van der Waals surface area (Å²) < 4.78 is 12.9. The van der Waals surface area contributed by atoms with Gasteiger partial charge in [-0.1, -0.05) is 11.6 Å². The molecule has 88 valence electrons. The van der Waals surface area contributed by atoms with E-state index < -0.39 is 11.7 Å². The number of aromatic amines is 1. The molecule has 2 heterocycles. The number of amides is 1. The highest BCUT2D eigenvalue weighted by molar-refractivity contribution is 6.33. The van der Waals surface area contributed by atoms with Gasteiger partial charge in [-0.25, -0.2) is 9.37 Å². The predicted molar refractivity (Wildman–Crippen MR) is 60.5 cm³/mol. The molecule has 2 aromatic rings. The number of hydrogen-bond acceptors (Lipinski definition) is 3. The van der Waals surface area contributed by atoms with Gasteiger partial charge in [0.25, 0.3) is 5.91 Å². The fraction of sp³-hybridized carbons (Fsp3) is 0.100. The molecule has 0 aliphatic carbocycles. The molecule has 0 aliphatic heterocycles. The topological polar surface area (TPSA) is 70.7 Å². The lowest BCUT2D eigenvalue weighted by Gasteiger charge is -2.05. The van der Waals surface area contributed by atoms with Crippen LogP contribution in [0.3, 0.4) is 0 Å². The van der Waals surface area contributed by atoms with Gasteiger partial charge in [0.15, 0.2) is 0 Å². The fourth-order valence-corrected chi connectivity index (χ4v) is 1.42. The minimum absolute atomic E-state index is 0.0272. The number of aryl methyl sites for hydroxylation is 1. The van der Waals surface area contributed by atoms with E-state index in [1.165, 1.54) is 0 Å². The second-order valence-electron chi connectivity index (χ2n) is 3.37. The second kappa shape index (κ2) is 4.50. The standard InChI is InChI=1S/C10H8ClFN4O/c1-5-3-14-16-9(5)15-10(17)7-2-6(12)4-13-8(7)11/h2-4H,1H3,(H2,14,15,16,17). The summed E-state index contributed by atoms with van der Waals surface area (Å²) in [6.45, 7) is 1.77. The zero-order chi connectivity index (χ0) is 12.4. The highest BCUT2D eigenvalue weighted by Crippen LogP contribution is 2.16. The molecule has 0 saturated heterocycles. The molecule has 5 nitrogen and oxygen atoms in total. The molecule has 2 N–H and O–H groups in total. The van der Waals surface area contributed by atoms with Gasteiger partial charge in [0.2, 0.25) is 0 Å². The Morgan fingerprint density at radius 3 is 2.94 bits per heavy atom. The normalized spacial score (nSPS) is 10.3. The summed E-state index contributed by atoms with van der Waals surface area (Å²) in [5, 5.41) is 8.82. The van der Waals surface area contributed by atoms with Crippen molar-refractivity contribution in [3.8, 4) is 0 Å². The first kappa shape index (κ1) is 11.5. The number of rotatable bonds is 2. The van der Waals surface area contributed by atoms with Crippen LogP contribution in [0.5, 0.6) is 0 Å². The van der Waals surface area contributed by atoms with Gasteiger partial charge in [-0.05, 0) is 13.0 Å². The molecular weight excluding hydrogens is 247 g/mol. The van der Waals surface area contributed by atoms with Crippen LogP contribution in [0.1, 0.15) is 15.9 Å². The van der Waals surface area contributed by atoms with Crippen molar-refractivity contribution in [2.45, 2.75) is 6.92 Å². The van der Waals surface area contributed by atoms with Crippen LogP contribution in [-0.2, 0) is 0 Å². The third-order valence-electron chi connectivity index (χ3n) is 2.12. The maximum absolute atomic E-state index is 12.9. The van der Waals surface area contributed by atoms with Crippen LogP contribution >= 0.6 is 11.6 Å². The van der Waals surface area contributed by atoms with E-state index >= 15 is 0 Å². The molecule has 0 atom stereocenters. The number of nitrogens with zero attached hydrogens (tertiary/aromatic N) is 2. The van der Waals surface area contributed by atoms with E-state index in [0.717, 1.165) is 17.8 Å². The second-order valence-corrected chi connectivity index (χ2v) is 3.73. The van der Waals surface area contributed by atoms with Crippen molar-refractivity contribution < 1.29 is 9.18 Å². The highest BCUT2D eigenvalue weighted by Gasteiger charge is 2.14. The molecule has 0 spiro atoms. The maximum atomic E-state index is 12.9. The summed E-state index contributed by atoms with van der Waals surface area (Å²) in [5.74, 6) is -0.731. The number of aromatic nitrogens is 3. The first-order valence-electron chi connectivity index (χ1n) is 4.70. The lowest BCUT2D eigenvalue weighted by Crippen LogP contribution is -2.14. The Balaban J connectivity index is 2.26. The van der Waals surface area contributed by atoms with Gasteiger partial charge in [0.1, 0.15) is 16.8 Å². The van der Waals surface area contributed by atoms with Crippen LogP contribution in [0, 0.1) is 12.7 Å². The summed E-state index contributed by atoms with van der Waals surface area (Å²) in [7, 11) is 0. The van der Waals surface area contributed by atoms with Crippen LogP contribution in [-0.4, -0.2) is 21.1 Å². The third-order valence-corrected chi connectivity index (χ3v) is 2.42. The van der Waals surface area contributed by atoms with Gasteiger partial charge in [-0.3, -0.25) is 9.89 Å². The Morgan fingerprint density at radius 2 is 2.29 bits per heavy atom. The van der Waals surface area contributed by atoms with Gasteiger partial charge in [0, 0.05) is 5.56 Å². The SMILES string of the molecule is Cc1cn[nH]c1NC(=O)c1cc(F)cnc1Cl. The average Bonchev–Trinajstić information content (AvgIpc) is 2.68. The van der Waals surface area contributed by atoms with E-state index in [1.54, 1.807) is 13.1 Å². The van der Waals surface area contributed by atoms with Crippen molar-refractivity contribution in [2.24, 2.45) is 0 Å². The van der Waals surface area contributed by atoms with E-state index in [2.05, 4.69) is 20.5 Å². The number of carbonyl (C=O) groups is 1. The Kier molecular flexibility index (Phi) is 3.06. The quantitative estimate of drug-likeness (QED) is 0.807. The largest absolute Gasteiger partial charge is 0.307 e. The number of halogens is 2. The maximum Gasteiger partial charge on any atom is 0.260 e. The Hall–Kier alpha value is -1.95. The van der Waals surface area contributed by atoms with Crippen LogP contribution in [0.15, 0.2) is 18.5 Å². The molecule has 1 amide bonds. The number of nitrogens with one attached hydrogen (secondary N) is 2. The summed E-state index contributed by atoms with van der Waals surface area (Å²) in [6, 6.07) is 1.02. The lowest BCUT2D eigenvalue weighted by molar-refractivity contribution is 0.102. The van der Waals surface area contributed by atoms with Gasteiger partial charge >= 0.3 is 0 Å². The Morgan fingerprint density at radius 1 is 1.53 bits per heavy atom. The molecule has 0 unspecified atom stereocenters. The molecule has 0 saturated carbocycles. The summed E-state index contributed by atoms with van der Waals surface area (Å²) >= 11 is 5.71. The molecule has 0 radical (unpaired) electrons. The molecule has 0 bridgehead atoms. The summed E-state index contributed by atoms with van der Waals surface area (Å²) in [5.41, 5.74) is 0.736. The van der Waals surface area contributed by atoms with E-state index in [0.29, 0.717) is 5.82 Å². The van der Waals surface area contributed by atoms with Crippen molar-refractivity contribution in [1.82, 2.24) is 15.2 Å². The number of anilines is 1. The number of H-pyrrole nitrogens is 1. The number of hydrogen-bond donors (Lipinski definition) is 2. The van der Waals surface area contributed by atoms with Crippen LogP contribution in [0.2, 0.25) is 5.15 Å². The van der Waals surface area contributed by atoms with Crippen LogP contribution in [0.25, 0.3) is 0 Å². The third kappa shape index (κ3) is 2.42. The van der Waals surface area contributed by atoms with E-state index in [1.807, 2.05) is 0 Å². The predicted octanol–water partition coefficient (Wildman–Crippen LogP) is 2.16. The van der Waals surface area contributed by atoms with Gasteiger partial charge in [-0.15, -0.1) is 0 Å². The van der Waals surface area contributed by atoms with E-state index in [4.69, 9.17) is 11.6 Å². The zero-order valence-electron chi connectivity index (χ0n) is 8.79. The van der Waals surface area contributed by atoms with Crippen molar-refractivity contribution in [2.75, 3.05) is 5.32 Å². The molecule has 7 heteroatoms. The summed E-state index contributed by atoms with van der Waals surface area (Å²) in [4.78, 5) is 15.3. The van der Waals surface area contributed by atoms with E-state index in [-0.39, 0.29) is 10.7 Å². The molecule has 0 aromatic carbocycles. The van der Waals surface area contributed by atoms with Gasteiger partial charge < -0.3 is 5.32 Å². The molecule has 17 heavy (non-hydrogen) atoms. The molecule has 2 aromatic heterocycles. The smallest absolute Gasteiger partial charge is 0.260 e. The minimum Gasteiger partial charge on any atom is -0.307 e. The highest BCUT2D eigenvalue weighted by atomic mass is 35.5. The average molecular weight is 255 g/mol. The first-order chi connectivity index (χ1) is 8.08. The summed E-state index contributed by atoms with van der Waals surface area (Å²) in [6.07, 6.45) is 2.50. The monoisotopic (exact) mass is 254 g/mol. The fourth-order valence-electron chi connectivity index (χ4n) is 1.24. The number of carbonyl (C=O) groups excluding carboxylic acids is 1. The van der Waals surface area contributed by atoms with Crippen LogP contribution < -0.4 is 5.32 Å². The number of pyridine rings is 1. The molecule has 2 rings (SSSR count). The van der Waals surface area contributed by atoms with Gasteiger partial charge in [-0.2, -0.15) is 5.10 Å². The first-order valence-corrected chi connectivity index (χ1v) is 5.08. The Labute approximate surface area is 101 Å². The van der Waals surface area contributed by atoms with Gasteiger partial charge in [0.05, 0.1) is 18.0 Å². The van der Waals surface area contributed by atoms with Crippen molar-refractivity contribution >= 4 is 23.3 Å². The zero-order valence-corrected chi connectivity index (χ0v) is 9.55. The minimum atomic E-state index is -0.624. The molecule has 0 aliphatic rings. The van der Waals surface area contributed by atoms with Crippen molar-refractivity contribution in [3.63, 3.8) is 0 Å². The molecule has 0 fully saturated rings. The van der Waals surface area contributed by atoms with E-state index in [9.17, 15) is 9.18 Å².